The summed E-state index contributed by atoms with van der Waals surface area (Å²) >= 11 is 0. The van der Waals surface area contributed by atoms with Gasteiger partial charge in [-0.25, -0.2) is 0 Å². The molecule has 0 unspecified atom stereocenters. The summed E-state index contributed by atoms with van der Waals surface area (Å²) in [6.45, 7) is 0. The zero-order chi connectivity index (χ0) is 7.61. The molecule has 1 aromatic heterocycles. The number of rotatable bonds is 2. The third kappa shape index (κ3) is 6.30. The molecule has 1 aromatic rings. The van der Waals surface area contributed by atoms with Crippen molar-refractivity contribution in [3.8, 4) is 5.95 Å². The van der Waals surface area contributed by atoms with Crippen LogP contribution in [0.5, 0.6) is 5.95 Å². The van der Waals surface area contributed by atoms with Crippen LogP contribution in [0.25, 0.3) is 0 Å². The van der Waals surface area contributed by atoms with Gasteiger partial charge in [0.15, 0.2) is 0 Å². The predicted molar refractivity (Wildman–Crippen MR) is 36.3 cm³/mol. The standard InChI is InChI=1S/C4H5O5P.Ba.H2O/c5-10(6,7)9-4-2-1-3-8-4;;/h1-3H,(H2,5,6,7);;1H2/q;+2;/p-2. The Kier molecular flexibility index (Phi) is 7.94. The van der Waals surface area contributed by atoms with Crippen molar-refractivity contribution in [1.82, 2.24) is 0 Å². The normalized spacial score (nSPS) is 9.50. The smallest absolute Gasteiger partial charge is 0.780 e. The zero-order valence-corrected chi connectivity index (χ0v) is 11.3. The molecule has 0 aliphatic heterocycles. The van der Waals surface area contributed by atoms with Gasteiger partial charge in [0.05, 0.1) is 6.26 Å². The van der Waals surface area contributed by atoms with E-state index < -0.39 is 7.82 Å². The summed E-state index contributed by atoms with van der Waals surface area (Å²) in [5.41, 5.74) is 0. The van der Waals surface area contributed by atoms with Gasteiger partial charge in [0.2, 0.25) is 0 Å². The van der Waals surface area contributed by atoms with Crippen LogP contribution in [0.2, 0.25) is 0 Å². The molecule has 0 spiro atoms. The second-order valence-corrected chi connectivity index (χ2v) is 2.55. The van der Waals surface area contributed by atoms with Crippen LogP contribution in [0.4, 0.5) is 0 Å². The summed E-state index contributed by atoms with van der Waals surface area (Å²) in [7, 11) is -4.95. The van der Waals surface area contributed by atoms with E-state index in [1.807, 2.05) is 0 Å². The Bertz CT molecular complexity index is 240. The van der Waals surface area contributed by atoms with E-state index in [2.05, 4.69) is 8.94 Å². The molecular formula is C4H5BaO6P. The summed E-state index contributed by atoms with van der Waals surface area (Å²) in [4.78, 5) is 19.8. The van der Waals surface area contributed by atoms with Gasteiger partial charge in [0.25, 0.3) is 5.95 Å². The molecule has 0 bridgehead atoms. The molecular weight excluding hydrogens is 312 g/mol. The average Bonchev–Trinajstić information content (AvgIpc) is 2.12. The number of furan rings is 1. The van der Waals surface area contributed by atoms with E-state index in [9.17, 15) is 14.4 Å². The fraction of sp³-hybridized carbons (Fsp3) is 0. The summed E-state index contributed by atoms with van der Waals surface area (Å²) in [5.74, 6) is -0.312. The first-order chi connectivity index (χ1) is 4.58. The summed E-state index contributed by atoms with van der Waals surface area (Å²) in [6.07, 6.45) is 1.20. The van der Waals surface area contributed by atoms with Gasteiger partial charge in [0.1, 0.15) is 7.82 Å². The minimum atomic E-state index is -4.95. The van der Waals surface area contributed by atoms with Crippen LogP contribution < -0.4 is 14.3 Å². The molecule has 12 heavy (non-hydrogen) atoms. The molecule has 0 saturated carbocycles. The third-order valence-corrected chi connectivity index (χ3v) is 1.10. The molecule has 0 saturated heterocycles. The van der Waals surface area contributed by atoms with Crippen molar-refractivity contribution in [2.75, 3.05) is 0 Å². The van der Waals surface area contributed by atoms with Crippen LogP contribution in [0.3, 0.4) is 0 Å². The Morgan fingerprint density at radius 1 is 1.50 bits per heavy atom. The van der Waals surface area contributed by atoms with Gasteiger partial charge in [-0.2, -0.15) is 0 Å². The fourth-order valence-electron chi connectivity index (χ4n) is 0.426. The van der Waals surface area contributed by atoms with Gasteiger partial charge in [0, 0.05) is 6.07 Å². The second-order valence-electron chi connectivity index (χ2n) is 1.47. The fourth-order valence-corrected chi connectivity index (χ4v) is 0.750. The van der Waals surface area contributed by atoms with Crippen LogP contribution in [0.15, 0.2) is 22.8 Å². The molecule has 64 valence electrons. The largest absolute Gasteiger partial charge is 2.00 e. The predicted octanol–water partition coefficient (Wildman–Crippen LogP) is -1.72. The second kappa shape index (κ2) is 6.25. The molecule has 0 amide bonds. The Morgan fingerprint density at radius 3 is 2.42 bits per heavy atom. The summed E-state index contributed by atoms with van der Waals surface area (Å²) in [6, 6.07) is 2.63. The van der Waals surface area contributed by atoms with Gasteiger partial charge < -0.3 is 28.8 Å². The minimum absolute atomic E-state index is 0. The van der Waals surface area contributed by atoms with Crippen molar-refractivity contribution >= 4 is 56.7 Å². The van der Waals surface area contributed by atoms with Crippen molar-refractivity contribution in [3.63, 3.8) is 0 Å². The molecule has 8 heteroatoms. The molecule has 0 radical (unpaired) electrons. The monoisotopic (exact) mass is 318 g/mol. The van der Waals surface area contributed by atoms with Crippen LogP contribution >= 0.6 is 7.82 Å². The van der Waals surface area contributed by atoms with Gasteiger partial charge >= 0.3 is 48.9 Å². The van der Waals surface area contributed by atoms with Gasteiger partial charge in [-0.1, -0.05) is 0 Å². The first-order valence-electron chi connectivity index (χ1n) is 2.33. The number of hydrogen-bond donors (Lipinski definition) is 0. The quantitative estimate of drug-likeness (QED) is 0.475. The molecule has 1 heterocycles. The Morgan fingerprint density at radius 2 is 2.08 bits per heavy atom. The summed E-state index contributed by atoms with van der Waals surface area (Å²) in [5, 5.41) is 0. The van der Waals surface area contributed by atoms with Crippen LogP contribution in [0, 0.1) is 0 Å². The molecule has 0 aromatic carbocycles. The van der Waals surface area contributed by atoms with Crippen molar-refractivity contribution in [3.05, 3.63) is 18.4 Å². The molecule has 0 atom stereocenters. The Labute approximate surface area is 109 Å². The number of phosphoric acid groups is 1. The van der Waals surface area contributed by atoms with Crippen LogP contribution in [-0.2, 0) is 4.57 Å². The van der Waals surface area contributed by atoms with Crippen molar-refractivity contribution in [2.24, 2.45) is 0 Å². The van der Waals surface area contributed by atoms with E-state index in [0.717, 1.165) is 0 Å². The van der Waals surface area contributed by atoms with E-state index in [4.69, 9.17) is 0 Å². The van der Waals surface area contributed by atoms with Gasteiger partial charge in [-0.05, 0) is 6.07 Å². The molecule has 0 aliphatic rings. The minimum Gasteiger partial charge on any atom is -0.780 e. The van der Waals surface area contributed by atoms with Crippen molar-refractivity contribution in [2.45, 2.75) is 0 Å². The van der Waals surface area contributed by atoms with Gasteiger partial charge in [-0.3, -0.25) is 0 Å². The summed E-state index contributed by atoms with van der Waals surface area (Å²) < 4.78 is 18.1. The van der Waals surface area contributed by atoms with Crippen LogP contribution in [-0.4, -0.2) is 54.4 Å². The maximum Gasteiger partial charge on any atom is 2.00 e. The van der Waals surface area contributed by atoms with Crippen LogP contribution in [0.1, 0.15) is 0 Å². The molecule has 1 rings (SSSR count). The van der Waals surface area contributed by atoms with Gasteiger partial charge in [-0.15, -0.1) is 0 Å². The number of phosphoric ester groups is 1. The average molecular weight is 317 g/mol. The van der Waals surface area contributed by atoms with Crippen molar-refractivity contribution < 1.29 is 28.8 Å². The zero-order valence-electron chi connectivity index (χ0n) is 5.93. The van der Waals surface area contributed by atoms with Crippen molar-refractivity contribution in [1.29, 1.82) is 0 Å². The topological polar surface area (TPSA) is 117 Å². The molecule has 0 aliphatic carbocycles. The maximum atomic E-state index is 9.89. The first-order valence-corrected chi connectivity index (χ1v) is 3.79. The SMILES string of the molecule is O.O=P([O-])([O-])Oc1ccco1.[Ba+2]. The molecule has 0 fully saturated rings. The Balaban J connectivity index is 0. The van der Waals surface area contributed by atoms with E-state index >= 15 is 0 Å². The Hall–Kier alpha value is 0.761. The molecule has 6 nitrogen and oxygen atoms in total. The number of hydrogen-bond acceptors (Lipinski definition) is 5. The third-order valence-electron chi connectivity index (χ3n) is 0.697. The maximum absolute atomic E-state index is 9.89. The van der Waals surface area contributed by atoms with E-state index in [0.29, 0.717) is 0 Å². The van der Waals surface area contributed by atoms with E-state index in [-0.39, 0.29) is 60.3 Å². The van der Waals surface area contributed by atoms with E-state index in [1.165, 1.54) is 18.4 Å². The first kappa shape index (κ1) is 15.2. The van der Waals surface area contributed by atoms with E-state index in [1.54, 1.807) is 0 Å². The molecule has 2 N–H and O–H groups in total.